The van der Waals surface area contributed by atoms with Crippen LogP contribution in [0.15, 0.2) is 66.7 Å². The molecule has 0 aliphatic carbocycles. The Hall–Kier alpha value is -4.10. The van der Waals surface area contributed by atoms with E-state index in [-0.39, 0.29) is 11.8 Å². The maximum atomic E-state index is 12.9. The molecular weight excluding hydrogens is 428 g/mol. The van der Waals surface area contributed by atoms with E-state index >= 15 is 0 Å². The third-order valence-corrected chi connectivity index (χ3v) is 6.46. The van der Waals surface area contributed by atoms with Gasteiger partial charge < -0.3 is 25.3 Å². The summed E-state index contributed by atoms with van der Waals surface area (Å²) < 4.78 is 6.07. The van der Waals surface area contributed by atoms with Crippen LogP contribution in [0.4, 0.5) is 0 Å². The highest BCUT2D eigenvalue weighted by Crippen LogP contribution is 2.37. The maximum absolute atomic E-state index is 12.9. The Morgan fingerprint density at radius 2 is 1.76 bits per heavy atom. The Kier molecular flexibility index (Phi) is 5.04. The number of piperazine rings is 1. The van der Waals surface area contributed by atoms with Crippen molar-refractivity contribution >= 4 is 22.7 Å². The van der Waals surface area contributed by atoms with Crippen LogP contribution in [0, 0.1) is 0 Å². The van der Waals surface area contributed by atoms with Crippen molar-refractivity contribution in [3.05, 3.63) is 83.4 Å². The van der Waals surface area contributed by atoms with Crippen molar-refractivity contribution < 1.29 is 14.3 Å². The van der Waals surface area contributed by atoms with Gasteiger partial charge in [-0.2, -0.15) is 0 Å². The predicted octanol–water partition coefficient (Wildman–Crippen LogP) is 3.92. The molecule has 2 aliphatic heterocycles. The molecule has 6 rings (SSSR count). The number of nitrogens with zero attached hydrogens (tertiary/aromatic N) is 1. The summed E-state index contributed by atoms with van der Waals surface area (Å²) >= 11 is 0. The Bertz CT molecular complexity index is 1400. The fourth-order valence-electron chi connectivity index (χ4n) is 4.72. The number of aromatic amines is 1. The molecule has 0 unspecified atom stereocenters. The summed E-state index contributed by atoms with van der Waals surface area (Å²) in [6.45, 7) is 3.49. The average Bonchev–Trinajstić information content (AvgIpc) is 3.49. The van der Waals surface area contributed by atoms with E-state index in [1.807, 2.05) is 71.6 Å². The zero-order chi connectivity index (χ0) is 23.1. The van der Waals surface area contributed by atoms with Crippen molar-refractivity contribution in [2.24, 2.45) is 0 Å². The first-order chi connectivity index (χ1) is 16.7. The quantitative estimate of drug-likeness (QED) is 0.438. The molecule has 7 heteroatoms. The second-order valence-corrected chi connectivity index (χ2v) is 8.59. The second kappa shape index (κ2) is 8.35. The van der Waals surface area contributed by atoms with Crippen molar-refractivity contribution in [2.45, 2.75) is 6.54 Å². The van der Waals surface area contributed by atoms with E-state index in [1.165, 1.54) is 0 Å². The van der Waals surface area contributed by atoms with Gasteiger partial charge in [-0.1, -0.05) is 18.2 Å². The number of rotatable bonds is 4. The SMILES string of the molecule is O=C1NCc2c(Oc3ccccc3)ccc(-c3cc4cc(C(=O)N5CCNCC5)ccc4[nH]3)c21. The van der Waals surface area contributed by atoms with Gasteiger partial charge in [0.15, 0.2) is 0 Å². The Morgan fingerprint density at radius 1 is 0.941 bits per heavy atom. The van der Waals surface area contributed by atoms with Gasteiger partial charge in [0.05, 0.1) is 5.56 Å². The van der Waals surface area contributed by atoms with Crippen LogP contribution in [-0.2, 0) is 6.54 Å². The molecule has 0 saturated carbocycles. The van der Waals surface area contributed by atoms with E-state index in [2.05, 4.69) is 15.6 Å². The highest BCUT2D eigenvalue weighted by molar-refractivity contribution is 6.06. The van der Waals surface area contributed by atoms with Crippen LogP contribution in [0.5, 0.6) is 11.5 Å². The monoisotopic (exact) mass is 452 g/mol. The molecule has 3 aromatic carbocycles. The molecule has 0 bridgehead atoms. The van der Waals surface area contributed by atoms with Crippen molar-refractivity contribution in [1.29, 1.82) is 0 Å². The number of nitrogens with one attached hydrogen (secondary N) is 3. The largest absolute Gasteiger partial charge is 0.457 e. The van der Waals surface area contributed by atoms with Crippen LogP contribution in [0.3, 0.4) is 0 Å². The number of ether oxygens (including phenoxy) is 1. The molecule has 1 aromatic heterocycles. The third-order valence-electron chi connectivity index (χ3n) is 6.46. The molecule has 1 fully saturated rings. The van der Waals surface area contributed by atoms with Crippen LogP contribution in [0.1, 0.15) is 26.3 Å². The number of carbonyl (C=O) groups excluding carboxylic acids is 2. The number of aromatic nitrogens is 1. The predicted molar refractivity (Wildman–Crippen MR) is 130 cm³/mol. The van der Waals surface area contributed by atoms with Gasteiger partial charge in [0.1, 0.15) is 11.5 Å². The summed E-state index contributed by atoms with van der Waals surface area (Å²) in [4.78, 5) is 31.0. The van der Waals surface area contributed by atoms with Crippen LogP contribution >= 0.6 is 0 Å². The first-order valence-electron chi connectivity index (χ1n) is 11.5. The summed E-state index contributed by atoms with van der Waals surface area (Å²) in [7, 11) is 0. The van der Waals surface area contributed by atoms with Crippen molar-refractivity contribution in [1.82, 2.24) is 20.5 Å². The number of carbonyl (C=O) groups is 2. The highest BCUT2D eigenvalue weighted by Gasteiger charge is 2.28. The fourth-order valence-corrected chi connectivity index (χ4v) is 4.72. The first kappa shape index (κ1) is 20.5. The van der Waals surface area contributed by atoms with Crippen LogP contribution in [0.2, 0.25) is 0 Å². The lowest BCUT2D eigenvalue weighted by Gasteiger charge is -2.27. The van der Waals surface area contributed by atoms with Crippen molar-refractivity contribution in [3.63, 3.8) is 0 Å². The number of H-pyrrole nitrogens is 1. The van der Waals surface area contributed by atoms with E-state index in [0.29, 0.717) is 36.5 Å². The Balaban J connectivity index is 1.36. The van der Waals surface area contributed by atoms with E-state index in [1.54, 1.807) is 0 Å². The number of para-hydroxylation sites is 1. The zero-order valence-electron chi connectivity index (χ0n) is 18.6. The number of hydrogen-bond acceptors (Lipinski definition) is 4. The Morgan fingerprint density at radius 3 is 2.59 bits per heavy atom. The van der Waals surface area contributed by atoms with Crippen LogP contribution in [-0.4, -0.2) is 47.9 Å². The molecular formula is C27H24N4O3. The molecule has 4 aromatic rings. The van der Waals surface area contributed by atoms with Crippen LogP contribution in [0.25, 0.3) is 22.2 Å². The van der Waals surface area contributed by atoms with Gasteiger partial charge in [-0.05, 0) is 48.5 Å². The van der Waals surface area contributed by atoms with Gasteiger partial charge in [0.25, 0.3) is 11.8 Å². The molecule has 7 nitrogen and oxygen atoms in total. The number of benzene rings is 3. The lowest BCUT2D eigenvalue weighted by Crippen LogP contribution is -2.46. The summed E-state index contributed by atoms with van der Waals surface area (Å²) in [5, 5.41) is 7.14. The molecule has 3 heterocycles. The molecule has 0 atom stereocenters. The molecule has 170 valence electrons. The fraction of sp³-hybridized carbons (Fsp3) is 0.185. The standard InChI is InChI=1S/C27H24N4O3/c32-26-25-20(7-9-24(21(25)16-29-26)34-19-4-2-1-3-5-19)23-15-18-14-17(6-8-22(18)30-23)27(33)31-12-10-28-11-13-31/h1-9,14-15,28,30H,10-13,16H2,(H,29,32). The van der Waals surface area contributed by atoms with Gasteiger partial charge in [0, 0.05) is 66.0 Å². The first-order valence-corrected chi connectivity index (χ1v) is 11.5. The van der Waals surface area contributed by atoms with Gasteiger partial charge in [0.2, 0.25) is 0 Å². The van der Waals surface area contributed by atoms with E-state index in [9.17, 15) is 9.59 Å². The molecule has 3 N–H and O–H groups in total. The lowest BCUT2D eigenvalue weighted by molar-refractivity contribution is 0.0735. The molecule has 2 amide bonds. The van der Waals surface area contributed by atoms with Gasteiger partial charge in [-0.15, -0.1) is 0 Å². The zero-order valence-corrected chi connectivity index (χ0v) is 18.6. The third kappa shape index (κ3) is 3.60. The minimum Gasteiger partial charge on any atom is -0.457 e. The lowest BCUT2D eigenvalue weighted by atomic mass is 9.99. The van der Waals surface area contributed by atoms with Crippen molar-refractivity contribution in [2.75, 3.05) is 26.2 Å². The maximum Gasteiger partial charge on any atom is 0.253 e. The number of amides is 2. The van der Waals surface area contributed by atoms with E-state index in [0.717, 1.165) is 46.6 Å². The summed E-state index contributed by atoms with van der Waals surface area (Å²) in [6, 6.07) is 21.1. The molecule has 2 aliphatic rings. The van der Waals surface area contributed by atoms with E-state index in [4.69, 9.17) is 4.74 Å². The summed E-state index contributed by atoms with van der Waals surface area (Å²) in [6.07, 6.45) is 0. The number of hydrogen-bond donors (Lipinski definition) is 3. The van der Waals surface area contributed by atoms with Crippen molar-refractivity contribution in [3.8, 4) is 22.8 Å². The molecule has 0 spiro atoms. The summed E-state index contributed by atoms with van der Waals surface area (Å²) in [5.74, 6) is 1.33. The molecule has 34 heavy (non-hydrogen) atoms. The number of fused-ring (bicyclic) bond motifs is 2. The van der Waals surface area contributed by atoms with Gasteiger partial charge >= 0.3 is 0 Å². The minimum atomic E-state index is -0.114. The summed E-state index contributed by atoms with van der Waals surface area (Å²) in [5.41, 5.74) is 4.72. The van der Waals surface area contributed by atoms with Gasteiger partial charge in [-0.3, -0.25) is 9.59 Å². The minimum absolute atomic E-state index is 0.0498. The van der Waals surface area contributed by atoms with E-state index < -0.39 is 0 Å². The molecule has 0 radical (unpaired) electrons. The highest BCUT2D eigenvalue weighted by atomic mass is 16.5. The Labute approximate surface area is 196 Å². The topological polar surface area (TPSA) is 86.5 Å². The smallest absolute Gasteiger partial charge is 0.253 e. The molecule has 1 saturated heterocycles. The van der Waals surface area contributed by atoms with Crippen LogP contribution < -0.4 is 15.4 Å². The second-order valence-electron chi connectivity index (χ2n) is 8.59. The average molecular weight is 453 g/mol. The van der Waals surface area contributed by atoms with Gasteiger partial charge in [-0.25, -0.2) is 0 Å². The normalized spacial score (nSPS) is 15.3.